The molecule has 0 spiro atoms. The molecule has 0 heterocycles. The van der Waals surface area contributed by atoms with E-state index in [0.717, 1.165) is 114 Å². The van der Waals surface area contributed by atoms with Crippen molar-refractivity contribution < 1.29 is 80.2 Å². The van der Waals surface area contributed by atoms with Crippen LogP contribution in [0, 0.1) is 23.7 Å². The third-order valence-electron chi connectivity index (χ3n) is 17.3. The molecule has 3 unspecified atom stereocenters. The Labute approximate surface area is 575 Å². The first-order valence-corrected chi connectivity index (χ1v) is 41.7. The molecule has 0 amide bonds. The molecular formula is C75H146O17P2. The number of hydrogen-bond acceptors (Lipinski definition) is 15. The summed E-state index contributed by atoms with van der Waals surface area (Å²) in [5.41, 5.74) is 0. The molecule has 0 aliphatic carbocycles. The molecule has 0 aromatic carbocycles. The Kier molecular flexibility index (Phi) is 63.1. The van der Waals surface area contributed by atoms with E-state index < -0.39 is 97.5 Å². The van der Waals surface area contributed by atoms with Crippen LogP contribution in [0.5, 0.6) is 0 Å². The van der Waals surface area contributed by atoms with Gasteiger partial charge in [-0.1, -0.05) is 325 Å². The van der Waals surface area contributed by atoms with Gasteiger partial charge in [-0.2, -0.15) is 0 Å². The lowest BCUT2D eigenvalue weighted by Crippen LogP contribution is -2.30. The summed E-state index contributed by atoms with van der Waals surface area (Å²) in [5, 5.41) is 10.6. The summed E-state index contributed by atoms with van der Waals surface area (Å²) >= 11 is 0. The van der Waals surface area contributed by atoms with Gasteiger partial charge < -0.3 is 33.8 Å². The number of carbonyl (C=O) groups is 4. The third-order valence-corrected chi connectivity index (χ3v) is 19.2. The van der Waals surface area contributed by atoms with Gasteiger partial charge >= 0.3 is 39.5 Å². The highest BCUT2D eigenvalue weighted by Crippen LogP contribution is 2.45. The number of aliphatic hydroxyl groups excluding tert-OH is 1. The lowest BCUT2D eigenvalue weighted by Gasteiger charge is -2.21. The van der Waals surface area contributed by atoms with Crippen molar-refractivity contribution in [1.82, 2.24) is 0 Å². The number of aliphatic hydroxyl groups is 1. The molecule has 558 valence electrons. The van der Waals surface area contributed by atoms with Crippen LogP contribution in [0.3, 0.4) is 0 Å². The molecule has 0 bridgehead atoms. The number of carbonyl (C=O) groups excluding carboxylic acids is 4. The summed E-state index contributed by atoms with van der Waals surface area (Å²) in [6.45, 7) is 14.1. The van der Waals surface area contributed by atoms with Crippen molar-refractivity contribution in [2.75, 3.05) is 39.6 Å². The number of phosphoric acid groups is 2. The van der Waals surface area contributed by atoms with Crippen molar-refractivity contribution >= 4 is 39.5 Å². The van der Waals surface area contributed by atoms with Crippen molar-refractivity contribution in [2.24, 2.45) is 23.7 Å². The molecule has 17 nitrogen and oxygen atoms in total. The molecule has 0 aliphatic rings. The van der Waals surface area contributed by atoms with E-state index in [1.807, 2.05) is 0 Å². The lowest BCUT2D eigenvalue weighted by molar-refractivity contribution is -0.161. The molecule has 0 radical (unpaired) electrons. The highest BCUT2D eigenvalue weighted by molar-refractivity contribution is 7.47. The number of ether oxygens (including phenoxy) is 4. The van der Waals surface area contributed by atoms with Crippen molar-refractivity contribution in [1.29, 1.82) is 0 Å². The van der Waals surface area contributed by atoms with Gasteiger partial charge in [-0.3, -0.25) is 37.3 Å². The number of hydrogen-bond donors (Lipinski definition) is 3. The Morgan fingerprint density at radius 1 is 0.266 bits per heavy atom. The van der Waals surface area contributed by atoms with Crippen LogP contribution < -0.4 is 0 Å². The lowest BCUT2D eigenvalue weighted by atomic mass is 10.0. The minimum Gasteiger partial charge on any atom is -0.462 e. The average Bonchev–Trinajstić information content (AvgIpc) is 1.50. The normalized spacial score (nSPS) is 14.2. The summed E-state index contributed by atoms with van der Waals surface area (Å²) < 4.78 is 68.5. The van der Waals surface area contributed by atoms with Gasteiger partial charge in [0.05, 0.1) is 26.4 Å². The van der Waals surface area contributed by atoms with E-state index in [-0.39, 0.29) is 25.7 Å². The number of phosphoric ester groups is 2. The average molecular weight is 1380 g/mol. The fraction of sp³-hybridized carbons (Fsp3) is 0.947. The second-order valence-corrected chi connectivity index (χ2v) is 31.9. The first-order chi connectivity index (χ1) is 45.1. The number of esters is 4. The molecule has 0 aliphatic heterocycles. The van der Waals surface area contributed by atoms with Crippen LogP contribution in [-0.4, -0.2) is 96.7 Å². The Hall–Kier alpha value is -1.94. The van der Waals surface area contributed by atoms with E-state index >= 15 is 0 Å². The highest BCUT2D eigenvalue weighted by Gasteiger charge is 2.30. The standard InChI is InChI=1S/C75H146O17P2/c1-65(2)51-43-35-27-20-15-11-9-10-12-18-24-32-41-49-57-74(79)91-70(61-85-72(77)55-47-39-31-23-17-14-13-16-21-28-36-44-52-66(3)4)63-89-93(81,82)87-59-69(76)60-88-94(83,84)90-64-71(62-86-73(78)56-48-40-34-26-30-38-46-54-68(7)8)92-75(80)58-50-42-33-25-19-22-29-37-45-53-67(5)6/h65-71,76H,9-64H2,1-8H3,(H,81,82)(H,83,84)/t69?,70-,71-/m1/s1. The van der Waals surface area contributed by atoms with Crippen LogP contribution in [-0.2, 0) is 65.4 Å². The van der Waals surface area contributed by atoms with Crippen molar-refractivity contribution in [3.8, 4) is 0 Å². The zero-order valence-electron chi connectivity index (χ0n) is 61.6. The summed E-state index contributed by atoms with van der Waals surface area (Å²) in [6.07, 6.45) is 48.6. The molecule has 0 aromatic heterocycles. The molecule has 0 aromatic rings. The third kappa shape index (κ3) is 68.6. The van der Waals surface area contributed by atoms with Gasteiger partial charge in [0.1, 0.15) is 19.3 Å². The van der Waals surface area contributed by atoms with Crippen molar-refractivity contribution in [3.63, 3.8) is 0 Å². The molecule has 0 rings (SSSR count). The van der Waals surface area contributed by atoms with Crippen LogP contribution in [0.4, 0.5) is 0 Å². The summed E-state index contributed by atoms with van der Waals surface area (Å²) in [6, 6.07) is 0. The molecule has 0 saturated carbocycles. The summed E-state index contributed by atoms with van der Waals surface area (Å²) in [4.78, 5) is 72.8. The monoisotopic (exact) mass is 1380 g/mol. The second kappa shape index (κ2) is 64.4. The molecule has 5 atom stereocenters. The minimum atomic E-state index is -4.96. The van der Waals surface area contributed by atoms with E-state index in [1.54, 1.807) is 0 Å². The molecule has 0 fully saturated rings. The van der Waals surface area contributed by atoms with Gasteiger partial charge in [-0.05, 0) is 49.4 Å². The van der Waals surface area contributed by atoms with Crippen molar-refractivity contribution in [3.05, 3.63) is 0 Å². The zero-order chi connectivity index (χ0) is 69.6. The van der Waals surface area contributed by atoms with Crippen LogP contribution in [0.1, 0.15) is 376 Å². The van der Waals surface area contributed by atoms with Crippen LogP contribution in [0.25, 0.3) is 0 Å². The molecule has 0 saturated heterocycles. The predicted octanol–water partition coefficient (Wildman–Crippen LogP) is 21.7. The van der Waals surface area contributed by atoms with E-state index in [0.29, 0.717) is 31.6 Å². The van der Waals surface area contributed by atoms with E-state index in [1.165, 1.54) is 173 Å². The largest absolute Gasteiger partial charge is 0.472 e. The van der Waals surface area contributed by atoms with Crippen molar-refractivity contribution in [2.45, 2.75) is 395 Å². The Morgan fingerprint density at radius 3 is 0.660 bits per heavy atom. The molecule has 94 heavy (non-hydrogen) atoms. The Morgan fingerprint density at radius 2 is 0.447 bits per heavy atom. The topological polar surface area (TPSA) is 237 Å². The Balaban J connectivity index is 5.25. The second-order valence-electron chi connectivity index (χ2n) is 28.9. The van der Waals surface area contributed by atoms with Gasteiger partial charge in [0, 0.05) is 25.7 Å². The van der Waals surface area contributed by atoms with Gasteiger partial charge in [0.25, 0.3) is 0 Å². The SMILES string of the molecule is CC(C)CCCCCCCCCCCCCCCCC(=O)O[C@H](COC(=O)CCCCCCCCCCCCCCC(C)C)COP(=O)(O)OCC(O)COP(=O)(O)OC[C@@H](COC(=O)CCCCCCCCCC(C)C)OC(=O)CCCCCCCCCCCC(C)C. The van der Waals surface area contributed by atoms with Crippen LogP contribution >= 0.6 is 15.6 Å². The number of unbranched alkanes of at least 4 members (excludes halogenated alkanes) is 38. The van der Waals surface area contributed by atoms with E-state index in [9.17, 15) is 43.2 Å². The zero-order valence-corrected chi connectivity index (χ0v) is 63.4. The molecular weight excluding hydrogens is 1230 g/mol. The smallest absolute Gasteiger partial charge is 0.462 e. The van der Waals surface area contributed by atoms with E-state index in [2.05, 4.69) is 55.4 Å². The fourth-order valence-electron chi connectivity index (χ4n) is 11.4. The van der Waals surface area contributed by atoms with Crippen LogP contribution in [0.15, 0.2) is 0 Å². The first kappa shape index (κ1) is 92.1. The van der Waals surface area contributed by atoms with Gasteiger partial charge in [0.15, 0.2) is 12.2 Å². The molecule has 19 heteroatoms. The maximum atomic E-state index is 13.1. The predicted molar refractivity (Wildman–Crippen MR) is 381 cm³/mol. The number of rotatable bonds is 72. The summed E-state index contributed by atoms with van der Waals surface area (Å²) in [5.74, 6) is 0.896. The Bertz CT molecular complexity index is 1850. The maximum absolute atomic E-state index is 13.1. The van der Waals surface area contributed by atoms with E-state index in [4.69, 9.17) is 37.0 Å². The van der Waals surface area contributed by atoms with Gasteiger partial charge in [-0.15, -0.1) is 0 Å². The van der Waals surface area contributed by atoms with Gasteiger partial charge in [-0.25, -0.2) is 9.13 Å². The highest BCUT2D eigenvalue weighted by atomic mass is 31.2. The first-order valence-electron chi connectivity index (χ1n) is 38.7. The van der Waals surface area contributed by atoms with Gasteiger partial charge in [0.2, 0.25) is 0 Å². The molecule has 3 N–H and O–H groups in total. The minimum absolute atomic E-state index is 0.104. The summed E-state index contributed by atoms with van der Waals surface area (Å²) in [7, 11) is -9.91. The maximum Gasteiger partial charge on any atom is 0.472 e. The fourth-order valence-corrected chi connectivity index (χ4v) is 13.0. The quantitative estimate of drug-likeness (QED) is 0.0222. The van der Waals surface area contributed by atoms with Crippen LogP contribution in [0.2, 0.25) is 0 Å².